The van der Waals surface area contributed by atoms with Crippen LogP contribution in [0.2, 0.25) is 0 Å². The second kappa shape index (κ2) is 4.30. The molecule has 0 bridgehead atoms. The Hall–Kier alpha value is -0.600. The van der Waals surface area contributed by atoms with Crippen molar-refractivity contribution < 1.29 is 4.92 Å². The van der Waals surface area contributed by atoms with E-state index in [1.165, 1.54) is 0 Å². The van der Waals surface area contributed by atoms with Gasteiger partial charge in [0.05, 0.1) is 0 Å². The van der Waals surface area contributed by atoms with Crippen molar-refractivity contribution in [2.24, 2.45) is 0 Å². The van der Waals surface area contributed by atoms with Crippen LogP contribution in [0.15, 0.2) is 0 Å². The van der Waals surface area contributed by atoms with E-state index in [2.05, 4.69) is 6.92 Å². The summed E-state index contributed by atoms with van der Waals surface area (Å²) in [6.45, 7) is 5.38. The molecule has 0 heterocycles. The lowest BCUT2D eigenvalue weighted by Crippen LogP contribution is -2.14. The zero-order valence-corrected chi connectivity index (χ0v) is 5.67. The van der Waals surface area contributed by atoms with Gasteiger partial charge in [0.1, 0.15) is 0 Å². The molecule has 1 radical (unpaired) electrons. The van der Waals surface area contributed by atoms with Gasteiger partial charge in [0.15, 0.2) is 0 Å². The number of hydrogen-bond acceptors (Lipinski definition) is 2. The Morgan fingerprint density at radius 1 is 1.78 bits per heavy atom. The molecule has 0 N–H and O–H groups in total. The number of unbranched alkanes of at least 4 members (excludes halogenated alkanes) is 1. The van der Waals surface area contributed by atoms with Crippen molar-refractivity contribution >= 4 is 0 Å². The monoisotopic (exact) mass is 130 g/mol. The van der Waals surface area contributed by atoms with Crippen LogP contribution >= 0.6 is 0 Å². The van der Waals surface area contributed by atoms with Gasteiger partial charge in [-0.3, -0.25) is 10.1 Å². The van der Waals surface area contributed by atoms with E-state index in [1.54, 1.807) is 0 Å². The molecule has 0 aromatic rings. The number of hydrogen-bond donors (Lipinski definition) is 0. The molecule has 0 fully saturated rings. The molecular formula is C6H12NO2. The third kappa shape index (κ3) is 3.94. The first kappa shape index (κ1) is 8.40. The Balaban J connectivity index is 3.27. The lowest BCUT2D eigenvalue weighted by atomic mass is 10.2. The van der Waals surface area contributed by atoms with Crippen molar-refractivity contribution in [3.8, 4) is 0 Å². The highest BCUT2D eigenvalue weighted by Crippen LogP contribution is 2.01. The SMILES string of the molecule is [CH2]C(CCCC)[N+](=O)[O-]. The summed E-state index contributed by atoms with van der Waals surface area (Å²) in [6, 6.07) is -0.607. The van der Waals surface area contributed by atoms with Crippen LogP contribution in [0.25, 0.3) is 0 Å². The molecule has 0 saturated heterocycles. The van der Waals surface area contributed by atoms with E-state index < -0.39 is 6.04 Å². The van der Waals surface area contributed by atoms with Crippen molar-refractivity contribution in [2.45, 2.75) is 32.2 Å². The van der Waals surface area contributed by atoms with Crippen LogP contribution in [0.3, 0.4) is 0 Å². The van der Waals surface area contributed by atoms with Crippen LogP contribution in [-0.2, 0) is 0 Å². The molecule has 0 amide bonds. The van der Waals surface area contributed by atoms with Gasteiger partial charge in [-0.05, 0) is 6.42 Å². The minimum absolute atomic E-state index is 0.338. The molecule has 0 rings (SSSR count). The second-order valence-corrected chi connectivity index (χ2v) is 2.08. The van der Waals surface area contributed by atoms with Gasteiger partial charge in [-0.1, -0.05) is 13.3 Å². The van der Waals surface area contributed by atoms with E-state index in [4.69, 9.17) is 0 Å². The van der Waals surface area contributed by atoms with E-state index in [1.807, 2.05) is 6.92 Å². The minimum atomic E-state index is -0.607. The molecule has 0 aromatic heterocycles. The molecule has 0 aliphatic heterocycles. The number of nitrogens with zero attached hydrogens (tertiary/aromatic N) is 1. The molecule has 9 heavy (non-hydrogen) atoms. The molecule has 0 aromatic carbocycles. The maximum Gasteiger partial charge on any atom is 0.213 e. The summed E-state index contributed by atoms with van der Waals surface area (Å²) in [6.07, 6.45) is 2.50. The van der Waals surface area contributed by atoms with Crippen molar-refractivity contribution in [1.29, 1.82) is 0 Å². The quantitative estimate of drug-likeness (QED) is 0.429. The third-order valence-corrected chi connectivity index (χ3v) is 1.19. The normalized spacial score (nSPS) is 13.1. The van der Waals surface area contributed by atoms with Crippen molar-refractivity contribution in [1.82, 2.24) is 0 Å². The third-order valence-electron chi connectivity index (χ3n) is 1.19. The molecular weight excluding hydrogens is 118 g/mol. The topological polar surface area (TPSA) is 43.1 Å². The van der Waals surface area contributed by atoms with E-state index in [-0.39, 0.29) is 4.92 Å². The highest BCUT2D eigenvalue weighted by molar-refractivity contribution is 4.56. The summed E-state index contributed by atoms with van der Waals surface area (Å²) in [5.74, 6) is 0. The van der Waals surface area contributed by atoms with Gasteiger partial charge in [0.25, 0.3) is 0 Å². The van der Waals surface area contributed by atoms with Gasteiger partial charge in [-0.2, -0.15) is 0 Å². The molecule has 53 valence electrons. The minimum Gasteiger partial charge on any atom is -0.264 e. The van der Waals surface area contributed by atoms with Crippen molar-refractivity contribution in [2.75, 3.05) is 0 Å². The molecule has 0 spiro atoms. The molecule has 3 nitrogen and oxygen atoms in total. The van der Waals surface area contributed by atoms with Gasteiger partial charge in [0, 0.05) is 18.3 Å². The fraction of sp³-hybridized carbons (Fsp3) is 0.833. The highest BCUT2D eigenvalue weighted by atomic mass is 16.6. The lowest BCUT2D eigenvalue weighted by molar-refractivity contribution is -0.511. The Bertz CT molecular complexity index is 93.1. The second-order valence-electron chi connectivity index (χ2n) is 2.08. The zero-order chi connectivity index (χ0) is 7.28. The van der Waals surface area contributed by atoms with Crippen LogP contribution in [0.4, 0.5) is 0 Å². The summed E-state index contributed by atoms with van der Waals surface area (Å²) in [5.41, 5.74) is 0. The first-order chi connectivity index (χ1) is 4.18. The molecule has 1 atom stereocenters. The maximum atomic E-state index is 9.95. The van der Waals surface area contributed by atoms with Gasteiger partial charge in [-0.25, -0.2) is 0 Å². The van der Waals surface area contributed by atoms with Crippen LogP contribution in [0, 0.1) is 17.0 Å². The summed E-state index contributed by atoms with van der Waals surface area (Å²) in [7, 11) is 0. The standard InChI is InChI=1S/C6H12NO2/c1-3-4-5-6(2)7(8)9/h6H,2-5H2,1H3. The zero-order valence-electron chi connectivity index (χ0n) is 5.67. The van der Waals surface area contributed by atoms with Crippen molar-refractivity contribution in [3.05, 3.63) is 17.0 Å². The fourth-order valence-electron chi connectivity index (χ4n) is 0.545. The average molecular weight is 130 g/mol. The van der Waals surface area contributed by atoms with E-state index in [9.17, 15) is 10.1 Å². The number of nitro groups is 1. The van der Waals surface area contributed by atoms with Gasteiger partial charge in [-0.15, -0.1) is 0 Å². The van der Waals surface area contributed by atoms with Crippen LogP contribution in [0.1, 0.15) is 26.2 Å². The van der Waals surface area contributed by atoms with Crippen molar-refractivity contribution in [3.63, 3.8) is 0 Å². The van der Waals surface area contributed by atoms with Gasteiger partial charge >= 0.3 is 0 Å². The largest absolute Gasteiger partial charge is 0.264 e. The Labute approximate surface area is 55.2 Å². The fourth-order valence-corrected chi connectivity index (χ4v) is 0.545. The predicted octanol–water partition coefficient (Wildman–Crippen LogP) is 1.66. The highest BCUT2D eigenvalue weighted by Gasteiger charge is 2.10. The Morgan fingerprint density at radius 3 is 2.67 bits per heavy atom. The average Bonchev–Trinajstić information content (AvgIpc) is 1.82. The summed E-state index contributed by atoms with van der Waals surface area (Å²) < 4.78 is 0. The summed E-state index contributed by atoms with van der Waals surface area (Å²) >= 11 is 0. The molecule has 0 aliphatic carbocycles. The van der Waals surface area contributed by atoms with Crippen LogP contribution in [0.5, 0.6) is 0 Å². The molecule has 3 heteroatoms. The molecule has 0 saturated carbocycles. The Morgan fingerprint density at radius 2 is 2.33 bits per heavy atom. The molecule has 1 unspecified atom stereocenters. The first-order valence-corrected chi connectivity index (χ1v) is 3.15. The van der Waals surface area contributed by atoms with E-state index in [0.717, 1.165) is 12.8 Å². The first-order valence-electron chi connectivity index (χ1n) is 3.15. The van der Waals surface area contributed by atoms with Crippen LogP contribution < -0.4 is 0 Å². The van der Waals surface area contributed by atoms with E-state index >= 15 is 0 Å². The molecule has 0 aliphatic rings. The van der Waals surface area contributed by atoms with E-state index in [0.29, 0.717) is 6.42 Å². The predicted molar refractivity (Wildman–Crippen MR) is 35.7 cm³/mol. The smallest absolute Gasteiger partial charge is 0.213 e. The lowest BCUT2D eigenvalue weighted by Gasteiger charge is -1.99. The Kier molecular flexibility index (Phi) is 4.01. The summed E-state index contributed by atoms with van der Waals surface area (Å²) in [4.78, 5) is 9.61. The van der Waals surface area contributed by atoms with Gasteiger partial charge in [0.2, 0.25) is 6.04 Å². The van der Waals surface area contributed by atoms with Gasteiger partial charge < -0.3 is 0 Å². The van der Waals surface area contributed by atoms with Crippen LogP contribution in [-0.4, -0.2) is 11.0 Å². The number of rotatable bonds is 4. The maximum absolute atomic E-state index is 9.95. The summed E-state index contributed by atoms with van der Waals surface area (Å²) in [5, 5.41) is 9.95.